The Hall–Kier alpha value is -1.61. The van der Waals surface area contributed by atoms with Crippen LogP contribution in [0.2, 0.25) is 0 Å². The van der Waals surface area contributed by atoms with Gasteiger partial charge in [0.25, 0.3) is 0 Å². The number of hydrogen-bond acceptors (Lipinski definition) is 3. The summed E-state index contributed by atoms with van der Waals surface area (Å²) in [4.78, 5) is 4.46. The molecule has 0 aliphatic carbocycles. The van der Waals surface area contributed by atoms with Crippen LogP contribution >= 0.6 is 0 Å². The number of anilines is 1. The van der Waals surface area contributed by atoms with Gasteiger partial charge >= 0.3 is 0 Å². The molecule has 3 rings (SSSR count). The van der Waals surface area contributed by atoms with Gasteiger partial charge in [0, 0.05) is 18.0 Å². The van der Waals surface area contributed by atoms with E-state index in [4.69, 9.17) is 0 Å². The van der Waals surface area contributed by atoms with Gasteiger partial charge in [-0.25, -0.2) is 0 Å². The van der Waals surface area contributed by atoms with Crippen LogP contribution in [0.3, 0.4) is 0 Å². The van der Waals surface area contributed by atoms with E-state index in [0.717, 1.165) is 24.3 Å². The third-order valence-corrected chi connectivity index (χ3v) is 3.26. The summed E-state index contributed by atoms with van der Waals surface area (Å²) in [6, 6.07) is 10.9. The minimum atomic E-state index is 0.534. The maximum Gasteiger partial charge on any atom is 0.0703 e. The lowest BCUT2D eigenvalue weighted by Gasteiger charge is -2.24. The second kappa shape index (κ2) is 4.72. The minimum Gasteiger partial charge on any atom is -0.380 e. The average Bonchev–Trinajstić information content (AvgIpc) is 2.40. The second-order valence-corrected chi connectivity index (χ2v) is 4.60. The number of hydrogen-bond donors (Lipinski definition) is 2. The minimum absolute atomic E-state index is 0.534. The Morgan fingerprint density at radius 2 is 2.24 bits per heavy atom. The molecule has 1 fully saturated rings. The second-order valence-electron chi connectivity index (χ2n) is 4.60. The molecule has 2 aromatic rings. The van der Waals surface area contributed by atoms with Crippen LogP contribution in [0.1, 0.15) is 12.8 Å². The first-order valence-electron chi connectivity index (χ1n) is 6.24. The molecule has 1 aliphatic heterocycles. The molecular formula is C14H17N3. The first kappa shape index (κ1) is 10.5. The van der Waals surface area contributed by atoms with Crippen LogP contribution in [0, 0.1) is 0 Å². The van der Waals surface area contributed by atoms with Gasteiger partial charge in [-0.05, 0) is 31.5 Å². The third-order valence-electron chi connectivity index (χ3n) is 3.26. The molecule has 17 heavy (non-hydrogen) atoms. The molecule has 3 heteroatoms. The highest BCUT2D eigenvalue weighted by Crippen LogP contribution is 2.17. The van der Waals surface area contributed by atoms with Gasteiger partial charge < -0.3 is 10.6 Å². The zero-order valence-electron chi connectivity index (χ0n) is 9.82. The quantitative estimate of drug-likeness (QED) is 0.827. The van der Waals surface area contributed by atoms with Gasteiger partial charge in [-0.2, -0.15) is 0 Å². The Morgan fingerprint density at radius 3 is 3.12 bits per heavy atom. The van der Waals surface area contributed by atoms with Crippen LogP contribution in [0.4, 0.5) is 5.69 Å². The molecule has 0 amide bonds. The number of benzene rings is 1. The number of aromatic nitrogens is 1. The van der Waals surface area contributed by atoms with Crippen molar-refractivity contribution in [2.75, 3.05) is 18.4 Å². The van der Waals surface area contributed by atoms with Gasteiger partial charge in [0.1, 0.15) is 0 Å². The van der Waals surface area contributed by atoms with Crippen molar-refractivity contribution >= 4 is 16.6 Å². The molecule has 88 valence electrons. The highest BCUT2D eigenvalue weighted by atomic mass is 15.0. The molecule has 0 spiro atoms. The van der Waals surface area contributed by atoms with Crippen molar-refractivity contribution in [3.63, 3.8) is 0 Å². The van der Waals surface area contributed by atoms with E-state index in [0.29, 0.717) is 6.04 Å². The van der Waals surface area contributed by atoms with Crippen LogP contribution in [0.5, 0.6) is 0 Å². The molecule has 0 radical (unpaired) electrons. The summed E-state index contributed by atoms with van der Waals surface area (Å²) in [5.74, 6) is 0. The lowest BCUT2D eigenvalue weighted by Crippen LogP contribution is -2.38. The molecule has 1 aliphatic rings. The van der Waals surface area contributed by atoms with Crippen LogP contribution in [0.15, 0.2) is 36.5 Å². The van der Waals surface area contributed by atoms with Gasteiger partial charge in [0.15, 0.2) is 0 Å². The van der Waals surface area contributed by atoms with E-state index < -0.39 is 0 Å². The number of piperidine rings is 1. The Labute approximate surface area is 101 Å². The van der Waals surface area contributed by atoms with Gasteiger partial charge in [0.05, 0.1) is 17.4 Å². The topological polar surface area (TPSA) is 37.0 Å². The molecule has 1 aromatic heterocycles. The molecule has 1 aromatic carbocycles. The lowest BCUT2D eigenvalue weighted by atomic mass is 10.1. The Morgan fingerprint density at radius 1 is 1.29 bits per heavy atom. The van der Waals surface area contributed by atoms with E-state index in [1.807, 2.05) is 18.3 Å². The molecule has 1 saturated heterocycles. The van der Waals surface area contributed by atoms with Crippen molar-refractivity contribution in [3.8, 4) is 0 Å². The van der Waals surface area contributed by atoms with E-state index in [-0.39, 0.29) is 0 Å². The lowest BCUT2D eigenvalue weighted by molar-refractivity contribution is 0.480. The standard InChI is InChI=1S/C14H17N3/c1-2-6-14-11(4-1)8-13(10-16-14)17-12-5-3-7-15-9-12/h1-2,4,6,8,10,12,15,17H,3,5,7,9H2. The summed E-state index contributed by atoms with van der Waals surface area (Å²) in [7, 11) is 0. The predicted octanol–water partition coefficient (Wildman–Crippen LogP) is 2.40. The van der Waals surface area contributed by atoms with Crippen molar-refractivity contribution in [2.24, 2.45) is 0 Å². The van der Waals surface area contributed by atoms with Crippen LogP contribution in [-0.4, -0.2) is 24.1 Å². The van der Waals surface area contributed by atoms with Crippen LogP contribution in [-0.2, 0) is 0 Å². The first-order valence-corrected chi connectivity index (χ1v) is 6.24. The number of pyridine rings is 1. The van der Waals surface area contributed by atoms with Crippen molar-refractivity contribution in [1.82, 2.24) is 10.3 Å². The zero-order valence-corrected chi connectivity index (χ0v) is 9.82. The zero-order chi connectivity index (χ0) is 11.5. The third kappa shape index (κ3) is 2.39. The summed E-state index contributed by atoms with van der Waals surface area (Å²) in [5, 5.41) is 8.15. The summed E-state index contributed by atoms with van der Waals surface area (Å²) in [6.45, 7) is 2.20. The molecular weight excluding hydrogens is 210 g/mol. The van der Waals surface area contributed by atoms with Crippen LogP contribution < -0.4 is 10.6 Å². The molecule has 2 N–H and O–H groups in total. The molecule has 0 saturated carbocycles. The highest BCUT2D eigenvalue weighted by Gasteiger charge is 2.12. The maximum atomic E-state index is 4.46. The average molecular weight is 227 g/mol. The van der Waals surface area contributed by atoms with Crippen molar-refractivity contribution < 1.29 is 0 Å². The van der Waals surface area contributed by atoms with Gasteiger partial charge in [-0.1, -0.05) is 18.2 Å². The van der Waals surface area contributed by atoms with Gasteiger partial charge in [-0.3, -0.25) is 4.98 Å². The normalized spacial score (nSPS) is 20.4. The first-order chi connectivity index (χ1) is 8.42. The van der Waals surface area contributed by atoms with Gasteiger partial charge in [0.2, 0.25) is 0 Å². The summed E-state index contributed by atoms with van der Waals surface area (Å²) >= 11 is 0. The van der Waals surface area contributed by atoms with Crippen molar-refractivity contribution in [1.29, 1.82) is 0 Å². The van der Waals surface area contributed by atoms with E-state index in [1.54, 1.807) is 0 Å². The largest absolute Gasteiger partial charge is 0.380 e. The summed E-state index contributed by atoms with van der Waals surface area (Å²) < 4.78 is 0. The number of para-hydroxylation sites is 1. The SMILES string of the molecule is c1ccc2ncc(NC3CCCNC3)cc2c1. The Balaban J connectivity index is 1.80. The fourth-order valence-electron chi connectivity index (χ4n) is 2.36. The van der Waals surface area contributed by atoms with Gasteiger partial charge in [-0.15, -0.1) is 0 Å². The molecule has 1 atom stereocenters. The maximum absolute atomic E-state index is 4.46. The Kier molecular flexibility index (Phi) is 2.92. The molecule has 1 unspecified atom stereocenters. The predicted molar refractivity (Wildman–Crippen MR) is 71.3 cm³/mol. The van der Waals surface area contributed by atoms with E-state index in [9.17, 15) is 0 Å². The number of fused-ring (bicyclic) bond motifs is 1. The van der Waals surface area contributed by atoms with E-state index >= 15 is 0 Å². The molecule has 3 nitrogen and oxygen atoms in total. The van der Waals surface area contributed by atoms with E-state index in [2.05, 4.69) is 33.8 Å². The fraction of sp³-hybridized carbons (Fsp3) is 0.357. The number of rotatable bonds is 2. The van der Waals surface area contributed by atoms with Crippen molar-refractivity contribution in [3.05, 3.63) is 36.5 Å². The molecule has 0 bridgehead atoms. The van der Waals surface area contributed by atoms with E-state index in [1.165, 1.54) is 18.2 Å². The highest BCUT2D eigenvalue weighted by molar-refractivity contribution is 5.81. The number of nitrogens with one attached hydrogen (secondary N) is 2. The number of nitrogens with zero attached hydrogens (tertiary/aromatic N) is 1. The Bertz CT molecular complexity index is 504. The smallest absolute Gasteiger partial charge is 0.0703 e. The monoisotopic (exact) mass is 227 g/mol. The summed E-state index contributed by atoms with van der Waals surface area (Å²) in [5.41, 5.74) is 2.18. The molecule has 2 heterocycles. The fourth-order valence-corrected chi connectivity index (χ4v) is 2.36. The van der Waals surface area contributed by atoms with Crippen LogP contribution in [0.25, 0.3) is 10.9 Å². The van der Waals surface area contributed by atoms with Crippen molar-refractivity contribution in [2.45, 2.75) is 18.9 Å². The summed E-state index contributed by atoms with van der Waals surface area (Å²) in [6.07, 6.45) is 4.41.